The Morgan fingerprint density at radius 3 is 2.58 bits per heavy atom. The molecular weight excluding hydrogens is 360 g/mol. The van der Waals surface area contributed by atoms with Crippen molar-refractivity contribution in [2.45, 2.75) is 11.8 Å². The van der Waals surface area contributed by atoms with Gasteiger partial charge in [-0.15, -0.1) is 0 Å². The van der Waals surface area contributed by atoms with E-state index in [1.807, 2.05) is 0 Å². The summed E-state index contributed by atoms with van der Waals surface area (Å²) in [6.45, 7) is 2.38. The van der Waals surface area contributed by atoms with Crippen LogP contribution in [0, 0.1) is 6.92 Å². The fourth-order valence-electron chi connectivity index (χ4n) is 2.82. The van der Waals surface area contributed by atoms with Gasteiger partial charge in [-0.1, -0.05) is 0 Å². The van der Waals surface area contributed by atoms with E-state index in [9.17, 15) is 13.2 Å². The Labute approximate surface area is 150 Å². The van der Waals surface area contributed by atoms with Crippen LogP contribution in [0.4, 0.5) is 11.4 Å². The van der Waals surface area contributed by atoms with E-state index < -0.39 is 10.0 Å². The van der Waals surface area contributed by atoms with Crippen LogP contribution in [0.2, 0.25) is 0 Å². The Morgan fingerprint density at radius 1 is 1.00 bits per heavy atom. The number of aryl methyl sites for hydroxylation is 1. The first-order valence-electron chi connectivity index (χ1n) is 7.92. The first kappa shape index (κ1) is 16.5. The highest BCUT2D eigenvalue weighted by Gasteiger charge is 2.24. The summed E-state index contributed by atoms with van der Waals surface area (Å²) < 4.78 is 44.4. The van der Waals surface area contributed by atoms with E-state index in [1.54, 1.807) is 31.2 Å². The number of amides is 1. The minimum Gasteiger partial charge on any atom is -0.486 e. The molecule has 1 amide bonds. The van der Waals surface area contributed by atoms with E-state index in [-0.39, 0.29) is 17.4 Å². The summed E-state index contributed by atoms with van der Waals surface area (Å²) >= 11 is 0. The number of benzene rings is 2. The number of ether oxygens (including phenoxy) is 3. The van der Waals surface area contributed by atoms with E-state index in [0.717, 1.165) is 0 Å². The molecule has 2 aromatic carbocycles. The van der Waals surface area contributed by atoms with Crippen LogP contribution in [-0.2, 0) is 14.8 Å². The molecule has 8 nitrogen and oxygen atoms in total. The van der Waals surface area contributed by atoms with Gasteiger partial charge in [-0.05, 0) is 30.7 Å². The van der Waals surface area contributed by atoms with E-state index in [4.69, 9.17) is 14.2 Å². The third-order valence-corrected chi connectivity index (χ3v) is 5.52. The van der Waals surface area contributed by atoms with Crippen LogP contribution >= 0.6 is 0 Å². The van der Waals surface area contributed by atoms with Gasteiger partial charge in [0.1, 0.15) is 19.0 Å². The molecular formula is C17H16N2O6S. The highest BCUT2D eigenvalue weighted by atomic mass is 32.2. The molecule has 0 aromatic heterocycles. The summed E-state index contributed by atoms with van der Waals surface area (Å²) in [5, 5.41) is 2.65. The predicted molar refractivity (Wildman–Crippen MR) is 93.5 cm³/mol. The zero-order valence-electron chi connectivity index (χ0n) is 13.9. The van der Waals surface area contributed by atoms with E-state index in [2.05, 4.69) is 10.0 Å². The van der Waals surface area contributed by atoms with Crippen LogP contribution in [0.15, 0.2) is 35.2 Å². The van der Waals surface area contributed by atoms with Crippen LogP contribution in [0.25, 0.3) is 0 Å². The van der Waals surface area contributed by atoms with Gasteiger partial charge in [-0.3, -0.25) is 9.52 Å². The average molecular weight is 376 g/mol. The predicted octanol–water partition coefficient (Wildman–Crippen LogP) is 1.90. The van der Waals surface area contributed by atoms with Gasteiger partial charge in [-0.2, -0.15) is 0 Å². The molecule has 0 atom stereocenters. The Balaban J connectivity index is 1.66. The summed E-state index contributed by atoms with van der Waals surface area (Å²) in [7, 11) is -3.86. The molecule has 0 radical (unpaired) electrons. The zero-order chi connectivity index (χ0) is 18.3. The number of hydrogen-bond donors (Lipinski definition) is 2. The largest absolute Gasteiger partial charge is 0.486 e. The highest BCUT2D eigenvalue weighted by Crippen LogP contribution is 2.36. The second kappa shape index (κ2) is 6.10. The minimum atomic E-state index is -3.86. The van der Waals surface area contributed by atoms with Crippen LogP contribution < -0.4 is 24.2 Å². The number of nitrogens with one attached hydrogen (secondary N) is 2. The minimum absolute atomic E-state index is 0.0716. The lowest BCUT2D eigenvalue weighted by molar-refractivity contribution is -0.118. The molecule has 136 valence electrons. The third-order valence-electron chi connectivity index (χ3n) is 3.99. The van der Waals surface area contributed by atoms with Crippen molar-refractivity contribution >= 4 is 27.3 Å². The third kappa shape index (κ3) is 3.01. The lowest BCUT2D eigenvalue weighted by Crippen LogP contribution is -2.26. The first-order chi connectivity index (χ1) is 12.4. The first-order valence-corrected chi connectivity index (χ1v) is 9.40. The summed E-state index contributed by atoms with van der Waals surface area (Å²) in [4.78, 5) is 11.5. The number of rotatable bonds is 3. The molecule has 4 rings (SSSR count). The molecule has 0 bridgehead atoms. The van der Waals surface area contributed by atoms with Gasteiger partial charge in [0.15, 0.2) is 18.1 Å². The molecule has 9 heteroatoms. The van der Waals surface area contributed by atoms with Crippen molar-refractivity contribution in [1.82, 2.24) is 0 Å². The molecule has 2 N–H and O–H groups in total. The number of hydrogen-bond acceptors (Lipinski definition) is 6. The number of carbonyl (C=O) groups excluding carboxylic acids is 1. The van der Waals surface area contributed by atoms with E-state index >= 15 is 0 Å². The van der Waals surface area contributed by atoms with Gasteiger partial charge < -0.3 is 19.5 Å². The lowest BCUT2D eigenvalue weighted by Gasteiger charge is -2.21. The fourth-order valence-corrected chi connectivity index (χ4v) is 4.11. The molecule has 2 aliphatic heterocycles. The molecule has 0 saturated carbocycles. The molecule has 0 fully saturated rings. The number of anilines is 2. The van der Waals surface area contributed by atoms with Crippen molar-refractivity contribution in [1.29, 1.82) is 0 Å². The SMILES string of the molecule is Cc1cc2c(cc1S(=O)(=O)Nc1ccc3c(c1)OCCO3)OCC(=O)N2. The normalized spacial score (nSPS) is 15.5. The van der Waals surface area contributed by atoms with Crippen LogP contribution in [0.3, 0.4) is 0 Å². The van der Waals surface area contributed by atoms with Crippen molar-refractivity contribution < 1.29 is 27.4 Å². The Hall–Kier alpha value is -2.94. The average Bonchev–Trinajstić information content (AvgIpc) is 2.60. The van der Waals surface area contributed by atoms with Crippen LogP contribution in [0.5, 0.6) is 17.2 Å². The summed E-state index contributed by atoms with van der Waals surface area (Å²) in [6, 6.07) is 7.83. The van der Waals surface area contributed by atoms with Crippen molar-refractivity contribution in [3.63, 3.8) is 0 Å². The Bertz CT molecular complexity index is 1000. The van der Waals surface area contributed by atoms with Gasteiger partial charge >= 0.3 is 0 Å². The van der Waals surface area contributed by atoms with Crippen LogP contribution in [-0.4, -0.2) is 34.1 Å². The van der Waals surface area contributed by atoms with Gasteiger partial charge in [-0.25, -0.2) is 8.42 Å². The second-order valence-electron chi connectivity index (χ2n) is 5.91. The van der Waals surface area contributed by atoms with Gasteiger partial charge in [0, 0.05) is 12.1 Å². The smallest absolute Gasteiger partial charge is 0.262 e. The molecule has 0 unspecified atom stereocenters. The Kier molecular flexibility index (Phi) is 3.87. The maximum absolute atomic E-state index is 12.8. The summed E-state index contributed by atoms with van der Waals surface area (Å²) in [5.74, 6) is 1.11. The maximum atomic E-state index is 12.8. The van der Waals surface area contributed by atoms with E-state index in [0.29, 0.717) is 47.4 Å². The van der Waals surface area contributed by atoms with Crippen molar-refractivity contribution in [3.8, 4) is 17.2 Å². The molecule has 0 spiro atoms. The number of carbonyl (C=O) groups is 1. The number of fused-ring (bicyclic) bond motifs is 2. The molecule has 2 aromatic rings. The monoisotopic (exact) mass is 376 g/mol. The van der Waals surface area contributed by atoms with Gasteiger partial charge in [0.25, 0.3) is 15.9 Å². The van der Waals surface area contributed by atoms with Gasteiger partial charge in [0.2, 0.25) is 0 Å². The molecule has 26 heavy (non-hydrogen) atoms. The maximum Gasteiger partial charge on any atom is 0.262 e. The standard InChI is InChI=1S/C17H16N2O6S/c1-10-6-12-14(25-9-17(20)18-12)8-16(10)26(21,22)19-11-2-3-13-15(7-11)24-5-4-23-13/h2-3,6-8,19H,4-5,9H2,1H3,(H,18,20). The van der Waals surface area contributed by atoms with Gasteiger partial charge in [0.05, 0.1) is 16.3 Å². The molecule has 2 aliphatic rings. The highest BCUT2D eigenvalue weighted by molar-refractivity contribution is 7.92. The second-order valence-corrected chi connectivity index (χ2v) is 7.57. The summed E-state index contributed by atoms with van der Waals surface area (Å²) in [6.07, 6.45) is 0. The summed E-state index contributed by atoms with van der Waals surface area (Å²) in [5.41, 5.74) is 1.30. The molecule has 2 heterocycles. The van der Waals surface area contributed by atoms with E-state index in [1.165, 1.54) is 6.07 Å². The number of sulfonamides is 1. The lowest BCUT2D eigenvalue weighted by atomic mass is 10.2. The zero-order valence-corrected chi connectivity index (χ0v) is 14.7. The molecule has 0 saturated heterocycles. The van der Waals surface area contributed by atoms with Crippen molar-refractivity contribution in [2.75, 3.05) is 29.9 Å². The Morgan fingerprint density at radius 2 is 1.77 bits per heavy atom. The fraction of sp³-hybridized carbons (Fsp3) is 0.235. The van der Waals surface area contributed by atoms with Crippen molar-refractivity contribution in [3.05, 3.63) is 35.9 Å². The molecule has 0 aliphatic carbocycles. The quantitative estimate of drug-likeness (QED) is 0.848. The van der Waals surface area contributed by atoms with Crippen LogP contribution in [0.1, 0.15) is 5.56 Å². The van der Waals surface area contributed by atoms with Crippen molar-refractivity contribution in [2.24, 2.45) is 0 Å². The topological polar surface area (TPSA) is 103 Å².